The number of para-hydroxylation sites is 1. The summed E-state index contributed by atoms with van der Waals surface area (Å²) in [6.45, 7) is 0.843. The van der Waals surface area contributed by atoms with Crippen LogP contribution in [0.5, 0.6) is 0 Å². The van der Waals surface area contributed by atoms with Crippen LogP contribution in [-0.4, -0.2) is 25.7 Å². The van der Waals surface area contributed by atoms with Gasteiger partial charge in [0.15, 0.2) is 0 Å². The summed E-state index contributed by atoms with van der Waals surface area (Å²) in [6.07, 6.45) is 5.49. The van der Waals surface area contributed by atoms with Gasteiger partial charge in [0.05, 0.1) is 12.5 Å². The van der Waals surface area contributed by atoms with Gasteiger partial charge in [-0.15, -0.1) is 0 Å². The monoisotopic (exact) mass is 257 g/mol. The first-order valence-electron chi connectivity index (χ1n) is 7.21. The van der Waals surface area contributed by atoms with Crippen LogP contribution in [0.25, 0.3) is 0 Å². The molecule has 0 aliphatic heterocycles. The lowest BCUT2D eigenvalue weighted by atomic mass is 9.90. The molecule has 0 bridgehead atoms. The van der Waals surface area contributed by atoms with Crippen molar-refractivity contribution in [1.29, 1.82) is 5.26 Å². The zero-order chi connectivity index (χ0) is 13.5. The molecule has 1 aromatic rings. The number of nitrogens with one attached hydrogen (secondary N) is 1. The van der Waals surface area contributed by atoms with Crippen molar-refractivity contribution >= 4 is 5.69 Å². The van der Waals surface area contributed by atoms with Crippen LogP contribution >= 0.6 is 0 Å². The molecule has 0 spiro atoms. The number of hydrogen-bond acceptors (Lipinski definition) is 3. The van der Waals surface area contributed by atoms with Crippen LogP contribution in [0.2, 0.25) is 0 Å². The van der Waals surface area contributed by atoms with E-state index in [1.54, 1.807) is 0 Å². The van der Waals surface area contributed by atoms with Crippen molar-refractivity contribution in [3.8, 4) is 6.07 Å². The maximum absolute atomic E-state index is 8.85. The molecule has 1 N–H and O–H groups in total. The molecule has 3 nitrogen and oxygen atoms in total. The molecule has 0 heterocycles. The van der Waals surface area contributed by atoms with Crippen LogP contribution in [0, 0.1) is 11.3 Å². The largest absolute Gasteiger partial charge is 0.368 e. The van der Waals surface area contributed by atoms with Crippen molar-refractivity contribution in [2.75, 3.05) is 18.5 Å². The third-order valence-corrected chi connectivity index (χ3v) is 4.10. The summed E-state index contributed by atoms with van der Waals surface area (Å²) < 4.78 is 0. The van der Waals surface area contributed by atoms with Gasteiger partial charge in [0, 0.05) is 24.3 Å². The van der Waals surface area contributed by atoms with Gasteiger partial charge in [-0.25, -0.2) is 0 Å². The van der Waals surface area contributed by atoms with Crippen molar-refractivity contribution in [2.24, 2.45) is 0 Å². The first kappa shape index (κ1) is 13.9. The molecule has 0 saturated heterocycles. The van der Waals surface area contributed by atoms with Gasteiger partial charge in [0.25, 0.3) is 0 Å². The van der Waals surface area contributed by atoms with Crippen LogP contribution in [-0.2, 0) is 0 Å². The van der Waals surface area contributed by atoms with Crippen LogP contribution in [0.15, 0.2) is 30.3 Å². The second kappa shape index (κ2) is 7.16. The van der Waals surface area contributed by atoms with Gasteiger partial charge in [-0.1, -0.05) is 18.2 Å². The van der Waals surface area contributed by atoms with Crippen molar-refractivity contribution < 1.29 is 0 Å². The molecule has 2 rings (SSSR count). The van der Waals surface area contributed by atoms with E-state index in [9.17, 15) is 0 Å². The Balaban J connectivity index is 2.04. The molecule has 1 saturated carbocycles. The van der Waals surface area contributed by atoms with E-state index in [1.165, 1.54) is 31.4 Å². The Bertz CT molecular complexity index is 402. The van der Waals surface area contributed by atoms with Crippen LogP contribution in [0.4, 0.5) is 5.69 Å². The van der Waals surface area contributed by atoms with E-state index in [0.29, 0.717) is 18.5 Å². The molecule has 0 aromatic heterocycles. The maximum atomic E-state index is 8.85. The fourth-order valence-corrected chi connectivity index (χ4v) is 2.99. The molecule has 0 unspecified atom stereocenters. The zero-order valence-electron chi connectivity index (χ0n) is 11.7. The van der Waals surface area contributed by atoms with Gasteiger partial charge in [-0.05, 0) is 44.9 Å². The molecule has 0 amide bonds. The maximum Gasteiger partial charge on any atom is 0.0640 e. The molecule has 0 atom stereocenters. The quantitative estimate of drug-likeness (QED) is 0.881. The van der Waals surface area contributed by atoms with Crippen molar-refractivity contribution in [2.45, 2.75) is 44.2 Å². The summed E-state index contributed by atoms with van der Waals surface area (Å²) in [5, 5.41) is 12.2. The van der Waals surface area contributed by atoms with Gasteiger partial charge in [0.2, 0.25) is 0 Å². The third-order valence-electron chi connectivity index (χ3n) is 4.10. The van der Waals surface area contributed by atoms with E-state index in [1.807, 2.05) is 6.07 Å². The molecule has 3 heteroatoms. The average Bonchev–Trinajstić information content (AvgIpc) is 2.49. The van der Waals surface area contributed by atoms with E-state index < -0.39 is 0 Å². The van der Waals surface area contributed by atoms with E-state index in [-0.39, 0.29) is 0 Å². The van der Waals surface area contributed by atoms with Gasteiger partial charge < -0.3 is 10.2 Å². The molecule has 1 fully saturated rings. The lowest BCUT2D eigenvalue weighted by Crippen LogP contribution is -2.42. The minimum absolute atomic E-state index is 0.584. The van der Waals surface area contributed by atoms with Gasteiger partial charge >= 0.3 is 0 Å². The SMILES string of the molecule is CNC1CCC(N(CCC#N)c2ccccc2)CC1. The topological polar surface area (TPSA) is 39.1 Å². The van der Waals surface area contributed by atoms with Crippen LogP contribution in [0.3, 0.4) is 0 Å². The Hall–Kier alpha value is -1.53. The fourth-order valence-electron chi connectivity index (χ4n) is 2.99. The summed E-state index contributed by atoms with van der Waals surface area (Å²) in [5.41, 5.74) is 1.26. The van der Waals surface area contributed by atoms with Crippen molar-refractivity contribution in [3.63, 3.8) is 0 Å². The lowest BCUT2D eigenvalue weighted by molar-refractivity contribution is 0.345. The van der Waals surface area contributed by atoms with Crippen LogP contribution in [0.1, 0.15) is 32.1 Å². The normalized spacial score (nSPS) is 22.7. The zero-order valence-corrected chi connectivity index (χ0v) is 11.7. The molecule has 1 aliphatic carbocycles. The van der Waals surface area contributed by atoms with E-state index in [4.69, 9.17) is 5.26 Å². The Kier molecular flexibility index (Phi) is 5.23. The van der Waals surface area contributed by atoms with Gasteiger partial charge in [-0.3, -0.25) is 0 Å². The highest BCUT2D eigenvalue weighted by Crippen LogP contribution is 2.27. The van der Waals surface area contributed by atoms with Crippen LogP contribution < -0.4 is 10.2 Å². The molecular formula is C16H23N3. The summed E-state index contributed by atoms with van der Waals surface area (Å²) in [6, 6.07) is 14.0. The number of nitrogens with zero attached hydrogens (tertiary/aromatic N) is 2. The highest BCUT2D eigenvalue weighted by atomic mass is 15.2. The number of hydrogen-bond donors (Lipinski definition) is 1. The third kappa shape index (κ3) is 3.71. The molecule has 0 radical (unpaired) electrons. The molecule has 102 valence electrons. The van der Waals surface area contributed by atoms with Gasteiger partial charge in [0.1, 0.15) is 0 Å². The molecule has 1 aromatic carbocycles. The predicted octanol–water partition coefficient (Wildman–Crippen LogP) is 2.94. The molecule has 19 heavy (non-hydrogen) atoms. The Morgan fingerprint density at radius 1 is 1.21 bits per heavy atom. The molecular weight excluding hydrogens is 234 g/mol. The standard InChI is InChI=1S/C16H23N3/c1-18-14-8-10-16(11-9-14)19(13-5-12-17)15-6-3-2-4-7-15/h2-4,6-7,14,16,18H,5,8-11,13H2,1H3. The lowest BCUT2D eigenvalue weighted by Gasteiger charge is -2.38. The van der Waals surface area contributed by atoms with E-state index >= 15 is 0 Å². The summed E-state index contributed by atoms with van der Waals surface area (Å²) in [4.78, 5) is 2.43. The number of benzene rings is 1. The summed E-state index contributed by atoms with van der Waals surface area (Å²) in [5.74, 6) is 0. The minimum Gasteiger partial charge on any atom is -0.368 e. The first-order chi connectivity index (χ1) is 9.35. The van der Waals surface area contributed by atoms with Crippen molar-refractivity contribution in [3.05, 3.63) is 30.3 Å². The number of rotatable bonds is 5. The fraction of sp³-hybridized carbons (Fsp3) is 0.562. The molecule has 1 aliphatic rings. The Morgan fingerprint density at radius 3 is 2.47 bits per heavy atom. The average molecular weight is 257 g/mol. The Labute approximate surface area is 116 Å². The summed E-state index contributed by atoms with van der Waals surface area (Å²) in [7, 11) is 2.05. The smallest absolute Gasteiger partial charge is 0.0640 e. The second-order valence-electron chi connectivity index (χ2n) is 5.23. The van der Waals surface area contributed by atoms with E-state index in [2.05, 4.69) is 47.6 Å². The summed E-state index contributed by atoms with van der Waals surface area (Å²) >= 11 is 0. The highest BCUT2D eigenvalue weighted by molar-refractivity contribution is 5.47. The first-order valence-corrected chi connectivity index (χ1v) is 7.21. The second-order valence-corrected chi connectivity index (χ2v) is 5.23. The predicted molar refractivity (Wildman–Crippen MR) is 79.1 cm³/mol. The minimum atomic E-state index is 0.584. The van der Waals surface area contributed by atoms with Gasteiger partial charge in [-0.2, -0.15) is 5.26 Å². The number of anilines is 1. The highest BCUT2D eigenvalue weighted by Gasteiger charge is 2.25. The van der Waals surface area contributed by atoms with Crippen molar-refractivity contribution in [1.82, 2.24) is 5.32 Å². The Morgan fingerprint density at radius 2 is 1.89 bits per heavy atom. The van der Waals surface area contributed by atoms with E-state index in [0.717, 1.165) is 6.54 Å². The number of nitriles is 1.